The number of nitrogens with one attached hydrogen (secondary N) is 2. The van der Waals surface area contributed by atoms with Gasteiger partial charge in [0.2, 0.25) is 10.0 Å². The van der Waals surface area contributed by atoms with E-state index >= 15 is 0 Å². The molecule has 7 heteroatoms. The molecule has 0 saturated carbocycles. The van der Waals surface area contributed by atoms with E-state index in [0.717, 1.165) is 5.56 Å². The molecule has 0 aliphatic carbocycles. The minimum absolute atomic E-state index is 0.367. The zero-order chi connectivity index (χ0) is 14.7. The fourth-order valence-electron chi connectivity index (χ4n) is 2.31. The highest BCUT2D eigenvalue weighted by molar-refractivity contribution is 7.93. The standard InChI is InChI=1S/C14H17N3O2S2/c18-21(19,14-8-15-16-9-14)17(10-12-6-7-20-11-12)13-4-2-1-3-5-13/h1-7,11,14-16H,8-10H2. The summed E-state index contributed by atoms with van der Waals surface area (Å²) in [5, 5.41) is 3.50. The molecule has 1 aliphatic heterocycles. The Hall–Kier alpha value is -1.41. The Bertz CT molecular complexity index is 666. The van der Waals surface area contributed by atoms with Gasteiger partial charge in [-0.3, -0.25) is 15.2 Å². The number of hydrogen-bond acceptors (Lipinski definition) is 5. The van der Waals surface area contributed by atoms with Gasteiger partial charge in [0.15, 0.2) is 0 Å². The summed E-state index contributed by atoms with van der Waals surface area (Å²) in [6.07, 6.45) is 0. The third-order valence-electron chi connectivity index (χ3n) is 3.46. The van der Waals surface area contributed by atoms with Crippen molar-refractivity contribution in [3.63, 3.8) is 0 Å². The molecule has 0 spiro atoms. The Labute approximate surface area is 128 Å². The predicted octanol–water partition coefficient (Wildman–Crippen LogP) is 1.56. The molecule has 3 rings (SSSR count). The van der Waals surface area contributed by atoms with Crippen molar-refractivity contribution in [2.24, 2.45) is 0 Å². The quantitative estimate of drug-likeness (QED) is 0.877. The van der Waals surface area contributed by atoms with Crippen molar-refractivity contribution < 1.29 is 8.42 Å². The molecule has 1 saturated heterocycles. The zero-order valence-electron chi connectivity index (χ0n) is 11.4. The molecule has 0 amide bonds. The number of anilines is 1. The molecular formula is C14H17N3O2S2. The second-order valence-corrected chi connectivity index (χ2v) is 7.82. The van der Waals surface area contributed by atoms with E-state index < -0.39 is 15.3 Å². The molecule has 0 atom stereocenters. The van der Waals surface area contributed by atoms with Gasteiger partial charge in [0.25, 0.3) is 0 Å². The molecule has 2 N–H and O–H groups in total. The Morgan fingerprint density at radius 3 is 2.48 bits per heavy atom. The van der Waals surface area contributed by atoms with Gasteiger partial charge in [-0.15, -0.1) is 0 Å². The average molecular weight is 323 g/mol. The van der Waals surface area contributed by atoms with Gasteiger partial charge >= 0.3 is 0 Å². The summed E-state index contributed by atoms with van der Waals surface area (Å²) in [5.41, 5.74) is 7.49. The van der Waals surface area contributed by atoms with Crippen molar-refractivity contribution in [1.82, 2.24) is 10.9 Å². The van der Waals surface area contributed by atoms with E-state index in [0.29, 0.717) is 25.3 Å². The lowest BCUT2D eigenvalue weighted by molar-refractivity contribution is 0.579. The van der Waals surface area contributed by atoms with Crippen LogP contribution in [0, 0.1) is 0 Å². The lowest BCUT2D eigenvalue weighted by Crippen LogP contribution is -2.41. The van der Waals surface area contributed by atoms with Crippen LogP contribution in [-0.4, -0.2) is 26.8 Å². The summed E-state index contributed by atoms with van der Waals surface area (Å²) < 4.78 is 27.3. The molecule has 1 aromatic heterocycles. The number of para-hydroxylation sites is 1. The van der Waals surface area contributed by atoms with E-state index in [9.17, 15) is 8.42 Å². The monoisotopic (exact) mass is 323 g/mol. The SMILES string of the molecule is O=S(=O)(C1CNNC1)N(Cc1ccsc1)c1ccccc1. The summed E-state index contributed by atoms with van der Waals surface area (Å²) in [4.78, 5) is 0. The summed E-state index contributed by atoms with van der Waals surface area (Å²) in [6, 6.07) is 11.2. The molecule has 0 radical (unpaired) electrons. The maximum atomic E-state index is 12.9. The highest BCUT2D eigenvalue weighted by Crippen LogP contribution is 2.24. The second kappa shape index (κ2) is 6.15. The van der Waals surface area contributed by atoms with Gasteiger partial charge in [0.05, 0.1) is 12.2 Å². The minimum atomic E-state index is -3.42. The number of thiophene rings is 1. The molecule has 1 aliphatic rings. The molecular weight excluding hydrogens is 306 g/mol. The molecule has 1 aromatic carbocycles. The van der Waals surface area contributed by atoms with Gasteiger partial charge in [-0.1, -0.05) is 18.2 Å². The number of sulfonamides is 1. The summed E-state index contributed by atoms with van der Waals surface area (Å²) in [7, 11) is -3.42. The second-order valence-electron chi connectivity index (χ2n) is 4.90. The van der Waals surface area contributed by atoms with E-state index in [1.807, 2.05) is 47.2 Å². The number of rotatable bonds is 5. The third kappa shape index (κ3) is 3.11. The van der Waals surface area contributed by atoms with Crippen LogP contribution in [0.4, 0.5) is 5.69 Å². The molecule has 2 aromatic rings. The number of hydrogen-bond donors (Lipinski definition) is 2. The highest BCUT2D eigenvalue weighted by Gasteiger charge is 2.34. The number of nitrogens with zero attached hydrogens (tertiary/aromatic N) is 1. The van der Waals surface area contributed by atoms with E-state index in [4.69, 9.17) is 0 Å². The Balaban J connectivity index is 1.95. The van der Waals surface area contributed by atoms with Crippen LogP contribution in [0.1, 0.15) is 5.56 Å². The van der Waals surface area contributed by atoms with Crippen LogP contribution >= 0.6 is 11.3 Å². The van der Waals surface area contributed by atoms with Crippen molar-refractivity contribution >= 4 is 27.0 Å². The predicted molar refractivity (Wildman–Crippen MR) is 85.7 cm³/mol. The molecule has 0 unspecified atom stereocenters. The molecule has 112 valence electrons. The normalized spacial score (nSPS) is 16.2. The molecule has 0 bridgehead atoms. The Morgan fingerprint density at radius 1 is 1.14 bits per heavy atom. The maximum Gasteiger partial charge on any atom is 0.240 e. The number of hydrazine groups is 1. The first-order valence-corrected chi connectivity index (χ1v) is 9.16. The highest BCUT2D eigenvalue weighted by atomic mass is 32.2. The zero-order valence-corrected chi connectivity index (χ0v) is 13.0. The Kier molecular flexibility index (Phi) is 4.25. The summed E-state index contributed by atoms with van der Waals surface area (Å²) >= 11 is 1.57. The van der Waals surface area contributed by atoms with Crippen molar-refractivity contribution in [2.75, 3.05) is 17.4 Å². The van der Waals surface area contributed by atoms with Gasteiger partial charge in [-0.05, 0) is 34.5 Å². The lowest BCUT2D eigenvalue weighted by Gasteiger charge is -2.26. The van der Waals surface area contributed by atoms with Crippen molar-refractivity contribution in [3.8, 4) is 0 Å². The van der Waals surface area contributed by atoms with Gasteiger partial charge < -0.3 is 0 Å². The van der Waals surface area contributed by atoms with Gasteiger partial charge in [0.1, 0.15) is 5.25 Å². The molecule has 21 heavy (non-hydrogen) atoms. The van der Waals surface area contributed by atoms with Gasteiger partial charge in [-0.2, -0.15) is 11.3 Å². The smallest absolute Gasteiger partial charge is 0.240 e. The van der Waals surface area contributed by atoms with E-state index in [-0.39, 0.29) is 0 Å². The fourth-order valence-corrected chi connectivity index (χ4v) is 4.66. The van der Waals surface area contributed by atoms with E-state index in [1.54, 1.807) is 11.3 Å². The average Bonchev–Trinajstić information content (AvgIpc) is 3.19. The number of benzene rings is 1. The van der Waals surface area contributed by atoms with Crippen LogP contribution in [-0.2, 0) is 16.6 Å². The van der Waals surface area contributed by atoms with Gasteiger partial charge in [0, 0.05) is 13.1 Å². The Morgan fingerprint density at radius 2 is 1.86 bits per heavy atom. The van der Waals surface area contributed by atoms with Crippen LogP contribution in [0.25, 0.3) is 0 Å². The minimum Gasteiger partial charge on any atom is -0.265 e. The van der Waals surface area contributed by atoms with Crippen LogP contribution < -0.4 is 15.2 Å². The van der Waals surface area contributed by atoms with E-state index in [2.05, 4.69) is 10.9 Å². The first kappa shape index (κ1) is 14.5. The largest absolute Gasteiger partial charge is 0.265 e. The third-order valence-corrected chi connectivity index (χ3v) is 6.33. The van der Waals surface area contributed by atoms with Crippen molar-refractivity contribution in [1.29, 1.82) is 0 Å². The first-order valence-electron chi connectivity index (χ1n) is 6.71. The van der Waals surface area contributed by atoms with E-state index in [1.165, 1.54) is 4.31 Å². The van der Waals surface area contributed by atoms with Crippen molar-refractivity contribution in [3.05, 3.63) is 52.7 Å². The topological polar surface area (TPSA) is 61.4 Å². The van der Waals surface area contributed by atoms with Crippen LogP contribution in [0.15, 0.2) is 47.2 Å². The lowest BCUT2D eigenvalue weighted by atomic mass is 10.3. The molecule has 5 nitrogen and oxygen atoms in total. The fraction of sp³-hybridized carbons (Fsp3) is 0.286. The van der Waals surface area contributed by atoms with Crippen LogP contribution in [0.2, 0.25) is 0 Å². The van der Waals surface area contributed by atoms with Crippen molar-refractivity contribution in [2.45, 2.75) is 11.8 Å². The summed E-state index contributed by atoms with van der Waals surface area (Å²) in [6.45, 7) is 1.22. The summed E-state index contributed by atoms with van der Waals surface area (Å²) in [5.74, 6) is 0. The van der Waals surface area contributed by atoms with Crippen LogP contribution in [0.5, 0.6) is 0 Å². The molecule has 2 heterocycles. The first-order chi connectivity index (χ1) is 10.2. The maximum absolute atomic E-state index is 12.9. The van der Waals surface area contributed by atoms with Crippen LogP contribution in [0.3, 0.4) is 0 Å². The van der Waals surface area contributed by atoms with Gasteiger partial charge in [-0.25, -0.2) is 8.42 Å². The molecule has 1 fully saturated rings.